The van der Waals surface area contributed by atoms with Crippen LogP contribution in [0.4, 0.5) is 11.4 Å². The molecule has 8 nitrogen and oxygen atoms in total. The number of anilines is 1. The third-order valence-electron chi connectivity index (χ3n) is 3.96. The maximum atomic E-state index is 12.6. The van der Waals surface area contributed by atoms with Gasteiger partial charge in [0.05, 0.1) is 28.3 Å². The van der Waals surface area contributed by atoms with Crippen molar-refractivity contribution in [3.63, 3.8) is 0 Å². The Bertz CT molecular complexity index is 1050. The van der Waals surface area contributed by atoms with E-state index in [1.165, 1.54) is 19.2 Å². The number of hydrogen-bond acceptors (Lipinski definition) is 6. The Morgan fingerprint density at radius 3 is 2.68 bits per heavy atom. The zero-order chi connectivity index (χ0) is 20.3. The number of methoxy groups -OCH3 is 1. The molecule has 0 saturated carbocycles. The van der Waals surface area contributed by atoms with Gasteiger partial charge in [0.15, 0.2) is 0 Å². The number of nitrogens with zero attached hydrogens (tertiary/aromatic N) is 1. The van der Waals surface area contributed by atoms with Gasteiger partial charge in [0.1, 0.15) is 23.9 Å². The van der Waals surface area contributed by atoms with Crippen LogP contribution in [0.3, 0.4) is 0 Å². The summed E-state index contributed by atoms with van der Waals surface area (Å²) < 4.78 is 10.8. The number of halogens is 1. The van der Waals surface area contributed by atoms with Gasteiger partial charge in [-0.3, -0.25) is 14.9 Å². The van der Waals surface area contributed by atoms with E-state index >= 15 is 0 Å². The van der Waals surface area contributed by atoms with Crippen LogP contribution in [0.2, 0.25) is 5.02 Å². The number of ether oxygens (including phenoxy) is 1. The van der Waals surface area contributed by atoms with Gasteiger partial charge in [0.25, 0.3) is 11.6 Å². The molecule has 1 aromatic heterocycles. The number of nitro groups is 1. The summed E-state index contributed by atoms with van der Waals surface area (Å²) in [6, 6.07) is 11.9. The molecule has 0 aliphatic rings. The number of aliphatic hydroxyl groups excluding tert-OH is 1. The number of non-ortho nitro benzene ring substituents is 1. The smallest absolute Gasteiger partial charge is 0.270 e. The number of carbonyl (C=O) groups is 1. The standard InChI is InChI=1S/C19H15ClN2O6/c1-27-18-6-2-11(17-7-4-13(10-23)28-17)8-16(18)21-19(24)14-9-12(22(25)26)3-5-15(14)20/h2-9,23H,10H2,1H3,(H,21,24). The number of nitro benzene ring substituents is 1. The molecule has 1 amide bonds. The van der Waals surface area contributed by atoms with Crippen LogP contribution in [0.25, 0.3) is 11.3 Å². The van der Waals surface area contributed by atoms with Gasteiger partial charge in [-0.2, -0.15) is 0 Å². The summed E-state index contributed by atoms with van der Waals surface area (Å²) >= 11 is 6.03. The van der Waals surface area contributed by atoms with Crippen LogP contribution >= 0.6 is 11.6 Å². The number of hydrogen-bond donors (Lipinski definition) is 2. The fraction of sp³-hybridized carbons (Fsp3) is 0.105. The SMILES string of the molecule is COc1ccc(-c2ccc(CO)o2)cc1NC(=O)c1cc([N+](=O)[O-])ccc1Cl. The molecule has 0 aliphatic carbocycles. The van der Waals surface area contributed by atoms with E-state index in [0.29, 0.717) is 28.5 Å². The van der Waals surface area contributed by atoms with Crippen LogP contribution in [0.5, 0.6) is 5.75 Å². The van der Waals surface area contributed by atoms with Crippen molar-refractivity contribution in [1.29, 1.82) is 0 Å². The Morgan fingerprint density at radius 2 is 2.04 bits per heavy atom. The number of benzene rings is 2. The van der Waals surface area contributed by atoms with Gasteiger partial charge in [-0.15, -0.1) is 0 Å². The average molecular weight is 403 g/mol. The molecule has 144 valence electrons. The Balaban J connectivity index is 1.94. The number of amides is 1. The first-order valence-electron chi connectivity index (χ1n) is 8.06. The normalized spacial score (nSPS) is 10.5. The number of carbonyl (C=O) groups excluding carboxylic acids is 1. The first kappa shape index (κ1) is 19.4. The molecule has 2 N–H and O–H groups in total. The third kappa shape index (κ3) is 3.98. The summed E-state index contributed by atoms with van der Waals surface area (Å²) in [4.78, 5) is 23.0. The fourth-order valence-electron chi connectivity index (χ4n) is 2.57. The van der Waals surface area contributed by atoms with Crippen LogP contribution in [-0.4, -0.2) is 23.0 Å². The van der Waals surface area contributed by atoms with E-state index < -0.39 is 10.8 Å². The first-order valence-corrected chi connectivity index (χ1v) is 8.44. The van der Waals surface area contributed by atoms with Crippen LogP contribution in [0, 0.1) is 10.1 Å². The maximum absolute atomic E-state index is 12.6. The highest BCUT2D eigenvalue weighted by Gasteiger charge is 2.18. The van der Waals surface area contributed by atoms with Crippen molar-refractivity contribution in [3.05, 3.63) is 75.0 Å². The van der Waals surface area contributed by atoms with Crippen LogP contribution in [0.15, 0.2) is 52.9 Å². The number of rotatable bonds is 6. The maximum Gasteiger partial charge on any atom is 0.270 e. The minimum Gasteiger partial charge on any atom is -0.495 e. The van der Waals surface area contributed by atoms with E-state index in [0.717, 1.165) is 6.07 Å². The zero-order valence-corrected chi connectivity index (χ0v) is 15.4. The van der Waals surface area contributed by atoms with Crippen molar-refractivity contribution in [3.8, 4) is 17.1 Å². The van der Waals surface area contributed by atoms with Gasteiger partial charge >= 0.3 is 0 Å². The summed E-state index contributed by atoms with van der Waals surface area (Å²) in [5.74, 6) is 0.655. The minimum atomic E-state index is -0.625. The molecule has 0 saturated heterocycles. The second-order valence-corrected chi connectivity index (χ2v) is 6.12. The highest BCUT2D eigenvalue weighted by molar-refractivity contribution is 6.34. The van der Waals surface area contributed by atoms with Crippen LogP contribution in [-0.2, 0) is 6.61 Å². The molecule has 0 aliphatic heterocycles. The van der Waals surface area contributed by atoms with E-state index in [4.69, 9.17) is 25.9 Å². The Labute approximate surface area is 164 Å². The molecule has 0 atom stereocenters. The van der Waals surface area contributed by atoms with Gasteiger partial charge in [-0.1, -0.05) is 11.6 Å². The first-order chi connectivity index (χ1) is 13.4. The molecule has 3 rings (SSSR count). The minimum absolute atomic E-state index is 0.0381. The fourth-order valence-corrected chi connectivity index (χ4v) is 2.77. The molecular formula is C19H15ClN2O6. The van der Waals surface area contributed by atoms with E-state index in [9.17, 15) is 14.9 Å². The molecule has 0 fully saturated rings. The molecule has 0 radical (unpaired) electrons. The van der Waals surface area contributed by atoms with E-state index in [1.54, 1.807) is 30.3 Å². The van der Waals surface area contributed by atoms with Crippen LogP contribution in [0.1, 0.15) is 16.1 Å². The van der Waals surface area contributed by atoms with Gasteiger partial charge < -0.3 is 19.6 Å². The molecular weight excluding hydrogens is 388 g/mol. The molecule has 1 heterocycles. The van der Waals surface area contributed by atoms with Crippen molar-refractivity contribution in [2.75, 3.05) is 12.4 Å². The molecule has 2 aromatic carbocycles. The highest BCUT2D eigenvalue weighted by Crippen LogP contribution is 2.32. The second-order valence-electron chi connectivity index (χ2n) is 5.71. The van der Waals surface area contributed by atoms with E-state index in [1.807, 2.05) is 0 Å². The van der Waals surface area contributed by atoms with Crippen molar-refractivity contribution in [1.82, 2.24) is 0 Å². The quantitative estimate of drug-likeness (QED) is 0.470. The zero-order valence-electron chi connectivity index (χ0n) is 14.6. The van der Waals surface area contributed by atoms with Gasteiger partial charge in [-0.05, 0) is 36.4 Å². The molecule has 3 aromatic rings. The van der Waals surface area contributed by atoms with E-state index in [-0.39, 0.29) is 22.9 Å². The van der Waals surface area contributed by atoms with Gasteiger partial charge in [-0.25, -0.2) is 0 Å². The number of aliphatic hydroxyl groups is 1. The summed E-state index contributed by atoms with van der Waals surface area (Å²) in [6.07, 6.45) is 0. The number of nitrogens with one attached hydrogen (secondary N) is 1. The summed E-state index contributed by atoms with van der Waals surface area (Å²) in [7, 11) is 1.45. The Hall–Kier alpha value is -3.36. The van der Waals surface area contributed by atoms with Crippen molar-refractivity contribution in [2.24, 2.45) is 0 Å². The highest BCUT2D eigenvalue weighted by atomic mass is 35.5. The largest absolute Gasteiger partial charge is 0.495 e. The summed E-state index contributed by atoms with van der Waals surface area (Å²) in [5.41, 5.74) is 0.682. The summed E-state index contributed by atoms with van der Waals surface area (Å²) in [6.45, 7) is -0.231. The lowest BCUT2D eigenvalue weighted by molar-refractivity contribution is -0.384. The van der Waals surface area contributed by atoms with Crippen molar-refractivity contribution < 1.29 is 24.0 Å². The molecule has 28 heavy (non-hydrogen) atoms. The van der Waals surface area contributed by atoms with E-state index in [2.05, 4.69) is 5.32 Å². The van der Waals surface area contributed by atoms with Gasteiger partial charge in [0, 0.05) is 17.7 Å². The molecule has 0 unspecified atom stereocenters. The van der Waals surface area contributed by atoms with Crippen molar-refractivity contribution >= 4 is 28.9 Å². The topological polar surface area (TPSA) is 115 Å². The molecule has 0 bridgehead atoms. The summed E-state index contributed by atoms with van der Waals surface area (Å²) in [5, 5.41) is 22.8. The lowest BCUT2D eigenvalue weighted by atomic mass is 10.1. The Morgan fingerprint density at radius 1 is 1.25 bits per heavy atom. The lowest BCUT2D eigenvalue weighted by Crippen LogP contribution is -2.13. The lowest BCUT2D eigenvalue weighted by Gasteiger charge is -2.12. The molecule has 9 heteroatoms. The predicted molar refractivity (Wildman–Crippen MR) is 103 cm³/mol. The number of furan rings is 1. The van der Waals surface area contributed by atoms with Crippen molar-refractivity contribution in [2.45, 2.75) is 6.61 Å². The van der Waals surface area contributed by atoms with Gasteiger partial charge in [0.2, 0.25) is 0 Å². The van der Waals surface area contributed by atoms with Crippen LogP contribution < -0.4 is 10.1 Å². The molecule has 0 spiro atoms. The monoisotopic (exact) mass is 402 g/mol. The third-order valence-corrected chi connectivity index (χ3v) is 4.28. The average Bonchev–Trinajstić information content (AvgIpc) is 3.17. The predicted octanol–water partition coefficient (Wildman–Crippen LogP) is 4.26. The second kappa shape index (κ2) is 8.12. The Kier molecular flexibility index (Phi) is 5.62.